The number of hydrogen-bond donors (Lipinski definition) is 0. The summed E-state index contributed by atoms with van der Waals surface area (Å²) in [5.41, 5.74) is 2.87. The number of halogens is 1. The van der Waals surface area contributed by atoms with Crippen molar-refractivity contribution in [3.05, 3.63) is 62.4 Å². The zero-order valence-electron chi connectivity index (χ0n) is 18.0. The van der Waals surface area contributed by atoms with Crippen LogP contribution < -0.4 is 5.56 Å². The molecule has 0 bridgehead atoms. The Morgan fingerprint density at radius 1 is 1.25 bits per heavy atom. The van der Waals surface area contributed by atoms with Crippen molar-refractivity contribution in [2.45, 2.75) is 52.4 Å². The molecule has 0 fully saturated rings. The van der Waals surface area contributed by atoms with Crippen LogP contribution in [0.15, 0.2) is 29.1 Å². The van der Waals surface area contributed by atoms with E-state index in [1.807, 2.05) is 19.1 Å². The maximum absolute atomic E-state index is 13.5. The third kappa shape index (κ3) is 2.73. The lowest BCUT2D eigenvalue weighted by Gasteiger charge is -2.34. The van der Waals surface area contributed by atoms with E-state index in [1.165, 1.54) is 0 Å². The molecule has 2 aliphatic rings. The number of esters is 1. The lowest BCUT2D eigenvalue weighted by atomic mass is 9.85. The molecule has 0 saturated heterocycles. The second kappa shape index (κ2) is 7.17. The molecule has 0 amide bonds. The normalized spacial score (nSPS) is 18.7. The molecule has 0 spiro atoms. The van der Waals surface area contributed by atoms with Crippen molar-refractivity contribution >= 4 is 33.9 Å². The summed E-state index contributed by atoms with van der Waals surface area (Å²) >= 11 is 5.50. The number of pyridine rings is 2. The molecule has 0 N–H and O–H groups in total. The van der Waals surface area contributed by atoms with E-state index in [0.717, 1.165) is 34.0 Å². The highest BCUT2D eigenvalue weighted by atomic mass is 35.5. The molecule has 2 aromatic heterocycles. The summed E-state index contributed by atoms with van der Waals surface area (Å²) in [6.45, 7) is 6.01. The fraction of sp³-hybridized carbons (Fsp3) is 0.333. The quantitative estimate of drug-likeness (QED) is 0.339. The average molecular weight is 453 g/mol. The Labute approximate surface area is 188 Å². The van der Waals surface area contributed by atoms with Gasteiger partial charge in [0.1, 0.15) is 6.61 Å². The molecule has 0 saturated carbocycles. The Morgan fingerprint density at radius 3 is 2.72 bits per heavy atom. The second-order valence-corrected chi connectivity index (χ2v) is 8.51. The molecule has 4 heterocycles. The number of nitrogens with zero attached hydrogens (tertiary/aromatic N) is 2. The van der Waals surface area contributed by atoms with Gasteiger partial charge < -0.3 is 14.0 Å². The Morgan fingerprint density at radius 2 is 2.03 bits per heavy atom. The third-order valence-electron chi connectivity index (χ3n) is 6.54. The fourth-order valence-electron chi connectivity index (χ4n) is 4.97. The summed E-state index contributed by atoms with van der Waals surface area (Å²) in [6, 6.07) is 7.84. The minimum atomic E-state index is -1.76. The first-order valence-electron chi connectivity index (χ1n) is 10.6. The summed E-state index contributed by atoms with van der Waals surface area (Å²) in [7, 11) is 0. The Kier molecular flexibility index (Phi) is 4.64. The first-order chi connectivity index (χ1) is 15.3. The van der Waals surface area contributed by atoms with Crippen molar-refractivity contribution in [2.24, 2.45) is 0 Å². The van der Waals surface area contributed by atoms with Gasteiger partial charge in [0, 0.05) is 28.1 Å². The van der Waals surface area contributed by atoms with E-state index in [-0.39, 0.29) is 18.6 Å². The van der Waals surface area contributed by atoms with Gasteiger partial charge >= 0.3 is 11.4 Å². The van der Waals surface area contributed by atoms with E-state index >= 15 is 0 Å². The third-order valence-corrected chi connectivity index (χ3v) is 6.61. The van der Waals surface area contributed by atoms with Gasteiger partial charge in [0.2, 0.25) is 5.60 Å². The number of benzene rings is 1. The summed E-state index contributed by atoms with van der Waals surface area (Å²) in [5.74, 6) is -0.736. The van der Waals surface area contributed by atoms with Crippen LogP contribution in [0, 0.1) is 6.92 Å². The second-order valence-electron chi connectivity index (χ2n) is 8.20. The van der Waals surface area contributed by atoms with Crippen molar-refractivity contribution in [1.29, 1.82) is 0 Å². The van der Waals surface area contributed by atoms with E-state index in [0.29, 0.717) is 29.1 Å². The fourth-order valence-corrected chi connectivity index (χ4v) is 5.11. The maximum Gasteiger partial charge on any atom is 0.405 e. The van der Waals surface area contributed by atoms with Crippen LogP contribution in [0.4, 0.5) is 4.79 Å². The van der Waals surface area contributed by atoms with E-state index in [1.54, 1.807) is 17.6 Å². The van der Waals surface area contributed by atoms with Gasteiger partial charge in [-0.1, -0.05) is 25.5 Å². The molecule has 1 atom stereocenters. The van der Waals surface area contributed by atoms with Crippen LogP contribution in [0.5, 0.6) is 0 Å². The highest BCUT2D eigenvalue weighted by Crippen LogP contribution is 2.42. The Hall–Kier alpha value is -3.19. The molecule has 2 aliphatic heterocycles. The Bertz CT molecular complexity index is 1390. The Balaban J connectivity index is 1.82. The molecule has 8 heteroatoms. The SMILES string of the molecule is CCc1c2c(nc3ccc(C)cc13)-c1cc3c(c(=O)n1C2)COC(=O)[C@@]3(CC)OC(=O)Cl. The summed E-state index contributed by atoms with van der Waals surface area (Å²) in [5, 5.41) is 1.08. The molecule has 32 heavy (non-hydrogen) atoms. The number of aryl methyl sites for hydroxylation is 2. The van der Waals surface area contributed by atoms with Crippen molar-refractivity contribution in [3.63, 3.8) is 0 Å². The standard InChI is InChI=1S/C24H21ClN2O5/c1-4-13-14-8-12(3)6-7-18(14)26-20-15(13)10-27-19(20)9-17-16(21(27)28)11-31-22(29)24(17,5-2)32-23(25)30/h6-9H,4-5,10-11H2,1-3H3/t24-/m0/s1. The first-order valence-corrected chi connectivity index (χ1v) is 10.9. The van der Waals surface area contributed by atoms with Crippen molar-refractivity contribution in [2.75, 3.05) is 0 Å². The van der Waals surface area contributed by atoms with Gasteiger partial charge in [0.05, 0.1) is 29.0 Å². The van der Waals surface area contributed by atoms with Gasteiger partial charge in [-0.2, -0.15) is 0 Å². The minimum Gasteiger partial charge on any atom is -0.457 e. The molecule has 0 aliphatic carbocycles. The molecular weight excluding hydrogens is 432 g/mol. The highest BCUT2D eigenvalue weighted by molar-refractivity contribution is 6.61. The van der Waals surface area contributed by atoms with Crippen LogP contribution in [0.25, 0.3) is 22.3 Å². The molecule has 164 valence electrons. The lowest BCUT2D eigenvalue weighted by Crippen LogP contribution is -2.46. The molecule has 0 radical (unpaired) electrons. The molecule has 0 unspecified atom stereocenters. The number of cyclic esters (lactones) is 1. The number of carbonyl (C=O) groups excluding carboxylic acids is 2. The van der Waals surface area contributed by atoms with Crippen molar-refractivity contribution in [3.8, 4) is 11.4 Å². The molecular formula is C24H21ClN2O5. The maximum atomic E-state index is 13.5. The predicted octanol–water partition coefficient (Wildman–Crippen LogP) is 4.33. The zero-order valence-corrected chi connectivity index (χ0v) is 18.7. The van der Waals surface area contributed by atoms with E-state index in [2.05, 4.69) is 13.0 Å². The topological polar surface area (TPSA) is 87.5 Å². The van der Waals surface area contributed by atoms with E-state index in [4.69, 9.17) is 26.1 Å². The predicted molar refractivity (Wildman–Crippen MR) is 119 cm³/mol. The van der Waals surface area contributed by atoms with E-state index in [9.17, 15) is 14.4 Å². The van der Waals surface area contributed by atoms with Crippen LogP contribution >= 0.6 is 11.6 Å². The molecule has 7 nitrogen and oxygen atoms in total. The number of rotatable bonds is 3. The number of carbonyl (C=O) groups is 2. The van der Waals surface area contributed by atoms with E-state index < -0.39 is 17.0 Å². The lowest BCUT2D eigenvalue weighted by molar-refractivity contribution is -0.171. The number of fused-ring (bicyclic) bond motifs is 5. The molecule has 1 aromatic carbocycles. The van der Waals surface area contributed by atoms with Crippen LogP contribution in [-0.2, 0) is 39.4 Å². The van der Waals surface area contributed by atoms with Crippen LogP contribution in [0.1, 0.15) is 48.1 Å². The van der Waals surface area contributed by atoms with Gasteiger partial charge in [0.25, 0.3) is 5.56 Å². The van der Waals surface area contributed by atoms with Gasteiger partial charge in [-0.25, -0.2) is 14.6 Å². The van der Waals surface area contributed by atoms with Crippen LogP contribution in [0.2, 0.25) is 0 Å². The molecule has 5 rings (SSSR count). The average Bonchev–Trinajstić information content (AvgIpc) is 3.12. The molecule has 3 aromatic rings. The van der Waals surface area contributed by atoms with Gasteiger partial charge in [-0.15, -0.1) is 0 Å². The van der Waals surface area contributed by atoms with Gasteiger partial charge in [-0.05, 0) is 43.5 Å². The summed E-state index contributed by atoms with van der Waals surface area (Å²) in [4.78, 5) is 42.7. The van der Waals surface area contributed by atoms with Crippen LogP contribution in [0.3, 0.4) is 0 Å². The van der Waals surface area contributed by atoms with Gasteiger partial charge in [-0.3, -0.25) is 4.79 Å². The zero-order chi connectivity index (χ0) is 22.8. The van der Waals surface area contributed by atoms with Gasteiger partial charge in [0.15, 0.2) is 0 Å². The minimum absolute atomic E-state index is 0.0810. The number of ether oxygens (including phenoxy) is 2. The van der Waals surface area contributed by atoms with Crippen molar-refractivity contribution in [1.82, 2.24) is 9.55 Å². The number of aromatic nitrogens is 2. The first kappa shape index (κ1) is 20.7. The summed E-state index contributed by atoms with van der Waals surface area (Å²) in [6.07, 6.45) is 0.870. The van der Waals surface area contributed by atoms with Crippen molar-refractivity contribution < 1.29 is 19.1 Å². The highest BCUT2D eigenvalue weighted by Gasteiger charge is 2.50. The van der Waals surface area contributed by atoms with Crippen LogP contribution in [-0.4, -0.2) is 20.9 Å². The number of hydrogen-bond acceptors (Lipinski definition) is 6. The smallest absolute Gasteiger partial charge is 0.405 e. The summed E-state index contributed by atoms with van der Waals surface area (Å²) < 4.78 is 12.2. The monoisotopic (exact) mass is 452 g/mol. The largest absolute Gasteiger partial charge is 0.457 e.